The van der Waals surface area contributed by atoms with Crippen LogP contribution < -0.4 is 4.90 Å². The van der Waals surface area contributed by atoms with Crippen molar-refractivity contribution in [2.24, 2.45) is 0 Å². The first-order valence-corrected chi connectivity index (χ1v) is 5.94. The van der Waals surface area contributed by atoms with Gasteiger partial charge < -0.3 is 9.64 Å². The van der Waals surface area contributed by atoms with E-state index in [4.69, 9.17) is 4.74 Å². The minimum atomic E-state index is 0.0417. The van der Waals surface area contributed by atoms with Crippen LogP contribution in [0.2, 0.25) is 0 Å². The second-order valence-corrected chi connectivity index (χ2v) is 5.28. The average Bonchev–Trinajstić information content (AvgIpc) is 2.28. The van der Waals surface area contributed by atoms with Gasteiger partial charge in [0.15, 0.2) is 0 Å². The van der Waals surface area contributed by atoms with Gasteiger partial charge in [0.1, 0.15) is 5.82 Å². The van der Waals surface area contributed by atoms with Crippen LogP contribution in [0.5, 0.6) is 0 Å². The number of rotatable bonds is 2. The van der Waals surface area contributed by atoms with Crippen LogP contribution in [0.15, 0.2) is 22.8 Å². The Bertz CT molecular complexity index is 351. The van der Waals surface area contributed by atoms with Crippen LogP contribution in [0.25, 0.3) is 0 Å². The summed E-state index contributed by atoms with van der Waals surface area (Å²) >= 11 is 3.28. The van der Waals surface area contributed by atoms with Crippen LogP contribution in [-0.4, -0.2) is 31.2 Å². The number of halogens is 1. The SMILES string of the molecule is CN(C=O)c1cc(Br)ccn1.COC(C)(C)C. The Kier molecular flexibility index (Phi) is 6.99. The van der Waals surface area contributed by atoms with Crippen molar-refractivity contribution in [2.75, 3.05) is 19.1 Å². The lowest BCUT2D eigenvalue weighted by molar-refractivity contribution is -0.107. The maximum absolute atomic E-state index is 10.3. The van der Waals surface area contributed by atoms with E-state index in [2.05, 4.69) is 20.9 Å². The second-order valence-electron chi connectivity index (χ2n) is 4.37. The highest BCUT2D eigenvalue weighted by molar-refractivity contribution is 9.10. The summed E-state index contributed by atoms with van der Waals surface area (Å²) in [4.78, 5) is 15.7. The zero-order chi connectivity index (χ0) is 13.5. The summed E-state index contributed by atoms with van der Waals surface area (Å²) in [5.41, 5.74) is 0.0417. The number of hydrogen-bond acceptors (Lipinski definition) is 3. The van der Waals surface area contributed by atoms with Gasteiger partial charge in [-0.3, -0.25) is 4.79 Å². The number of nitrogens with zero attached hydrogens (tertiary/aromatic N) is 2. The first-order chi connectivity index (χ1) is 7.80. The number of carbonyl (C=O) groups is 1. The monoisotopic (exact) mass is 302 g/mol. The molecule has 1 heterocycles. The molecule has 0 N–H and O–H groups in total. The van der Waals surface area contributed by atoms with Gasteiger partial charge in [0.25, 0.3) is 0 Å². The van der Waals surface area contributed by atoms with Crippen molar-refractivity contribution in [1.82, 2.24) is 4.98 Å². The Hall–Kier alpha value is -0.940. The minimum absolute atomic E-state index is 0.0417. The Balaban J connectivity index is 0.000000366. The molecule has 0 saturated carbocycles. The fraction of sp³-hybridized carbons (Fsp3) is 0.500. The molecule has 0 aliphatic heterocycles. The lowest BCUT2D eigenvalue weighted by atomic mass is 10.2. The molecule has 0 unspecified atom stereocenters. The number of carbonyl (C=O) groups excluding carboxylic acids is 1. The molecule has 0 atom stereocenters. The van der Waals surface area contributed by atoms with Gasteiger partial charge in [-0.25, -0.2) is 4.98 Å². The molecule has 0 saturated heterocycles. The fourth-order valence-electron chi connectivity index (χ4n) is 0.640. The molecule has 1 amide bonds. The molecule has 4 nitrogen and oxygen atoms in total. The van der Waals surface area contributed by atoms with Crippen molar-refractivity contribution in [3.63, 3.8) is 0 Å². The number of aromatic nitrogens is 1. The third-order valence-electron chi connectivity index (χ3n) is 1.84. The maximum Gasteiger partial charge on any atom is 0.215 e. The van der Waals surface area contributed by atoms with Crippen molar-refractivity contribution in [1.29, 1.82) is 0 Å². The van der Waals surface area contributed by atoms with Gasteiger partial charge in [-0.1, -0.05) is 15.9 Å². The van der Waals surface area contributed by atoms with E-state index >= 15 is 0 Å². The van der Waals surface area contributed by atoms with Crippen LogP contribution in [0.4, 0.5) is 5.82 Å². The molecular weight excluding hydrogens is 284 g/mol. The van der Waals surface area contributed by atoms with Crippen molar-refractivity contribution < 1.29 is 9.53 Å². The Morgan fingerprint density at radius 2 is 2.00 bits per heavy atom. The van der Waals surface area contributed by atoms with E-state index < -0.39 is 0 Å². The second kappa shape index (κ2) is 7.40. The number of amides is 1. The molecule has 5 heteroatoms. The van der Waals surface area contributed by atoms with E-state index in [1.807, 2.05) is 26.8 Å². The largest absolute Gasteiger partial charge is 0.379 e. The maximum atomic E-state index is 10.3. The summed E-state index contributed by atoms with van der Waals surface area (Å²) in [6.45, 7) is 6.06. The van der Waals surface area contributed by atoms with Gasteiger partial charge in [0.2, 0.25) is 6.41 Å². The van der Waals surface area contributed by atoms with Gasteiger partial charge in [0, 0.05) is 24.8 Å². The number of anilines is 1. The number of methoxy groups -OCH3 is 1. The molecule has 0 aromatic carbocycles. The van der Waals surface area contributed by atoms with E-state index in [-0.39, 0.29) is 5.60 Å². The zero-order valence-electron chi connectivity index (χ0n) is 10.9. The molecule has 0 fully saturated rings. The molecule has 0 aliphatic carbocycles. The fourth-order valence-corrected chi connectivity index (χ4v) is 0.963. The van der Waals surface area contributed by atoms with Crippen LogP contribution in [-0.2, 0) is 9.53 Å². The number of pyridine rings is 1. The van der Waals surface area contributed by atoms with Crippen molar-refractivity contribution in [2.45, 2.75) is 26.4 Å². The molecule has 0 spiro atoms. The lowest BCUT2D eigenvalue weighted by Crippen LogP contribution is -2.15. The third-order valence-corrected chi connectivity index (χ3v) is 2.33. The van der Waals surface area contributed by atoms with Crippen LogP contribution in [0.3, 0.4) is 0 Å². The van der Waals surface area contributed by atoms with Crippen LogP contribution in [0, 0.1) is 0 Å². The number of ether oxygens (including phenoxy) is 1. The molecule has 96 valence electrons. The molecule has 1 aromatic heterocycles. The normalized spacial score (nSPS) is 10.2. The highest BCUT2D eigenvalue weighted by atomic mass is 79.9. The van der Waals surface area contributed by atoms with Gasteiger partial charge in [0.05, 0.1) is 5.60 Å². The van der Waals surface area contributed by atoms with Gasteiger partial charge in [-0.15, -0.1) is 0 Å². The summed E-state index contributed by atoms with van der Waals surface area (Å²) in [6.07, 6.45) is 2.36. The quantitative estimate of drug-likeness (QED) is 0.789. The first-order valence-electron chi connectivity index (χ1n) is 5.15. The van der Waals surface area contributed by atoms with E-state index in [1.54, 1.807) is 26.4 Å². The van der Waals surface area contributed by atoms with Crippen molar-refractivity contribution in [3.05, 3.63) is 22.8 Å². The Morgan fingerprint density at radius 3 is 2.35 bits per heavy atom. The lowest BCUT2D eigenvalue weighted by Gasteiger charge is -2.14. The summed E-state index contributed by atoms with van der Waals surface area (Å²) < 4.78 is 5.85. The Morgan fingerprint density at radius 1 is 1.47 bits per heavy atom. The predicted octanol–water partition coefficient (Wildman–Crippen LogP) is 2.87. The van der Waals surface area contributed by atoms with E-state index in [0.717, 1.165) is 10.9 Å². The number of hydrogen-bond donors (Lipinski definition) is 0. The molecular formula is C12H19BrN2O2. The highest BCUT2D eigenvalue weighted by Gasteiger charge is 2.04. The molecule has 1 aromatic rings. The van der Waals surface area contributed by atoms with E-state index in [1.165, 1.54) is 4.90 Å². The third kappa shape index (κ3) is 7.88. The molecule has 17 heavy (non-hydrogen) atoms. The van der Waals surface area contributed by atoms with Gasteiger partial charge >= 0.3 is 0 Å². The molecule has 1 rings (SSSR count). The Labute approximate surface area is 111 Å². The summed E-state index contributed by atoms with van der Waals surface area (Å²) in [5, 5.41) is 0. The van der Waals surface area contributed by atoms with E-state index in [9.17, 15) is 4.79 Å². The van der Waals surface area contributed by atoms with Gasteiger partial charge in [-0.2, -0.15) is 0 Å². The van der Waals surface area contributed by atoms with Crippen LogP contribution in [0.1, 0.15) is 20.8 Å². The zero-order valence-corrected chi connectivity index (χ0v) is 12.5. The standard InChI is InChI=1S/C7H7BrN2O.C5H12O/c1-10(5-11)7-4-6(8)2-3-9-7;1-5(2,3)6-4/h2-5H,1H3;1-4H3. The highest BCUT2D eigenvalue weighted by Crippen LogP contribution is 2.14. The predicted molar refractivity (Wildman–Crippen MR) is 73.2 cm³/mol. The summed E-state index contributed by atoms with van der Waals surface area (Å²) in [6, 6.07) is 3.58. The molecule has 0 bridgehead atoms. The van der Waals surface area contributed by atoms with Gasteiger partial charge in [-0.05, 0) is 32.9 Å². The van der Waals surface area contributed by atoms with E-state index in [0.29, 0.717) is 5.82 Å². The average molecular weight is 303 g/mol. The molecule has 0 aliphatic rings. The minimum Gasteiger partial charge on any atom is -0.379 e. The topological polar surface area (TPSA) is 42.4 Å². The first kappa shape index (κ1) is 16.1. The van der Waals surface area contributed by atoms with Crippen LogP contribution >= 0.6 is 15.9 Å². The van der Waals surface area contributed by atoms with Crippen molar-refractivity contribution >= 4 is 28.2 Å². The summed E-state index contributed by atoms with van der Waals surface area (Å²) in [5.74, 6) is 0.634. The summed E-state index contributed by atoms with van der Waals surface area (Å²) in [7, 11) is 3.36. The van der Waals surface area contributed by atoms with Crippen molar-refractivity contribution in [3.8, 4) is 0 Å². The molecule has 0 radical (unpaired) electrons. The smallest absolute Gasteiger partial charge is 0.215 e.